The van der Waals surface area contributed by atoms with Crippen molar-refractivity contribution in [3.8, 4) is 0 Å². The first-order valence-electron chi connectivity index (χ1n) is 8.98. The van der Waals surface area contributed by atoms with Crippen LogP contribution in [0.2, 0.25) is 0 Å². The van der Waals surface area contributed by atoms with Crippen LogP contribution in [0.3, 0.4) is 0 Å². The Kier molecular flexibility index (Phi) is 8.10. The van der Waals surface area contributed by atoms with Crippen LogP contribution in [0.4, 0.5) is 57.1 Å². The summed E-state index contributed by atoms with van der Waals surface area (Å²) in [5.41, 5.74) is 0. The van der Waals surface area contributed by atoms with Gasteiger partial charge in [0.05, 0.1) is 6.54 Å². The molecule has 0 aliphatic heterocycles. The SMILES string of the molecule is CCCCCCc1nnnn1CCC(F)(F)C(F)(F)C(F)(F)C(F)(F)C(F)(F)C(F)(F)F. The van der Waals surface area contributed by atoms with Crippen LogP contribution in [0, 0.1) is 0 Å². The minimum atomic E-state index is -7.90. The molecule has 0 fully saturated rings. The van der Waals surface area contributed by atoms with Gasteiger partial charge in [0, 0.05) is 12.8 Å². The molecule has 0 aliphatic rings. The first-order chi connectivity index (χ1) is 14.3. The van der Waals surface area contributed by atoms with Gasteiger partial charge in [-0.2, -0.15) is 57.1 Å². The van der Waals surface area contributed by atoms with Crippen LogP contribution >= 0.6 is 0 Å². The Balaban J connectivity index is 3.09. The second-order valence-corrected chi connectivity index (χ2v) is 6.88. The zero-order valence-corrected chi connectivity index (χ0v) is 16.2. The van der Waals surface area contributed by atoms with E-state index in [1.165, 1.54) is 0 Å². The lowest BCUT2D eigenvalue weighted by atomic mass is 9.92. The molecule has 32 heavy (non-hydrogen) atoms. The maximum Gasteiger partial charge on any atom is 0.460 e. The van der Waals surface area contributed by atoms with Crippen LogP contribution in [0.5, 0.6) is 0 Å². The smallest absolute Gasteiger partial charge is 0.229 e. The third-order valence-electron chi connectivity index (χ3n) is 4.50. The van der Waals surface area contributed by atoms with E-state index >= 15 is 0 Å². The Morgan fingerprint density at radius 1 is 0.688 bits per heavy atom. The first kappa shape index (κ1) is 28.2. The van der Waals surface area contributed by atoms with Gasteiger partial charge in [0.15, 0.2) is 5.82 Å². The molecule has 0 atom stereocenters. The molecule has 0 aliphatic carbocycles. The van der Waals surface area contributed by atoms with E-state index in [1.54, 1.807) is 0 Å². The molecule has 0 N–H and O–H groups in total. The van der Waals surface area contributed by atoms with Crippen molar-refractivity contribution in [1.29, 1.82) is 0 Å². The van der Waals surface area contributed by atoms with Crippen LogP contribution in [-0.2, 0) is 13.0 Å². The van der Waals surface area contributed by atoms with E-state index in [4.69, 9.17) is 0 Å². The van der Waals surface area contributed by atoms with Gasteiger partial charge >= 0.3 is 35.8 Å². The number of alkyl halides is 13. The number of hydrogen-bond donors (Lipinski definition) is 0. The molecule has 1 heterocycles. The number of rotatable bonds is 12. The van der Waals surface area contributed by atoms with Crippen molar-refractivity contribution in [3.05, 3.63) is 5.82 Å². The van der Waals surface area contributed by atoms with Crippen molar-refractivity contribution >= 4 is 0 Å². The Labute approximate surface area is 172 Å². The summed E-state index contributed by atoms with van der Waals surface area (Å²) >= 11 is 0. The van der Waals surface area contributed by atoms with E-state index in [0.717, 1.165) is 12.8 Å². The molecule has 1 aromatic heterocycles. The lowest BCUT2D eigenvalue weighted by Crippen LogP contribution is -2.70. The van der Waals surface area contributed by atoms with Gasteiger partial charge in [-0.3, -0.25) is 0 Å². The molecule has 1 rings (SSSR count). The fraction of sp³-hybridized carbons (Fsp3) is 0.933. The Morgan fingerprint density at radius 2 is 1.22 bits per heavy atom. The molecule has 0 spiro atoms. The summed E-state index contributed by atoms with van der Waals surface area (Å²) in [6, 6.07) is 0. The Hall–Kier alpha value is -1.84. The summed E-state index contributed by atoms with van der Waals surface area (Å²) in [5, 5.41) is 9.63. The van der Waals surface area contributed by atoms with Crippen LogP contribution in [0.25, 0.3) is 0 Å². The van der Waals surface area contributed by atoms with Gasteiger partial charge in [0.25, 0.3) is 0 Å². The van der Waals surface area contributed by atoms with Gasteiger partial charge in [0.1, 0.15) is 0 Å². The molecular weight excluding hydrogens is 483 g/mol. The fourth-order valence-corrected chi connectivity index (χ4v) is 2.49. The fourth-order valence-electron chi connectivity index (χ4n) is 2.49. The van der Waals surface area contributed by atoms with Crippen LogP contribution < -0.4 is 0 Å². The van der Waals surface area contributed by atoms with E-state index in [2.05, 4.69) is 15.5 Å². The number of tetrazole rings is 1. The van der Waals surface area contributed by atoms with Gasteiger partial charge in [-0.25, -0.2) is 4.68 Å². The minimum absolute atomic E-state index is 0.0565. The number of halogens is 13. The highest BCUT2D eigenvalue weighted by atomic mass is 19.4. The first-order valence-corrected chi connectivity index (χ1v) is 8.98. The molecule has 188 valence electrons. The zero-order chi connectivity index (χ0) is 25.2. The maximum atomic E-state index is 13.8. The average molecular weight is 500 g/mol. The molecule has 0 bridgehead atoms. The minimum Gasteiger partial charge on any atom is -0.229 e. The second kappa shape index (κ2) is 9.19. The molecule has 0 unspecified atom stereocenters. The molecule has 0 radical (unpaired) electrons. The highest BCUT2D eigenvalue weighted by molar-refractivity contribution is 5.10. The molecule has 0 aromatic carbocycles. The standard InChI is InChI=1S/C15H17F13N4/c1-2-3-4-5-6-9-29-30-31-32(9)8-7-10(16,17)11(18,19)12(20,21)13(22,23)14(24,25)15(26,27)28/h2-8H2,1H3. The lowest BCUT2D eigenvalue weighted by Gasteiger charge is -2.39. The number of aromatic nitrogens is 4. The van der Waals surface area contributed by atoms with Gasteiger partial charge < -0.3 is 0 Å². The van der Waals surface area contributed by atoms with Gasteiger partial charge in [-0.05, 0) is 16.8 Å². The van der Waals surface area contributed by atoms with Gasteiger partial charge in [0.2, 0.25) is 0 Å². The highest BCUT2D eigenvalue weighted by Crippen LogP contribution is 2.60. The van der Waals surface area contributed by atoms with Crippen molar-refractivity contribution in [1.82, 2.24) is 20.2 Å². The van der Waals surface area contributed by atoms with E-state index < -0.39 is 48.8 Å². The molecule has 0 saturated heterocycles. The molecule has 1 aromatic rings. The molecule has 17 heteroatoms. The Bertz CT molecular complexity index is 742. The Morgan fingerprint density at radius 3 is 1.72 bits per heavy atom. The summed E-state index contributed by atoms with van der Waals surface area (Å²) in [5.74, 6) is -37.0. The molecule has 0 amide bonds. The van der Waals surface area contributed by atoms with E-state index in [1.807, 2.05) is 6.92 Å². The van der Waals surface area contributed by atoms with Crippen LogP contribution in [0.1, 0.15) is 44.9 Å². The summed E-state index contributed by atoms with van der Waals surface area (Å²) in [6.45, 7) is 0.534. The van der Waals surface area contributed by atoms with Crippen LogP contribution in [0.15, 0.2) is 0 Å². The summed E-state index contributed by atoms with van der Waals surface area (Å²) in [6.07, 6.45) is -7.07. The van der Waals surface area contributed by atoms with E-state index in [-0.39, 0.29) is 12.2 Å². The quantitative estimate of drug-likeness (QED) is 0.264. The topological polar surface area (TPSA) is 43.6 Å². The van der Waals surface area contributed by atoms with E-state index in [9.17, 15) is 57.1 Å². The average Bonchev–Trinajstić information content (AvgIpc) is 3.09. The monoisotopic (exact) mass is 500 g/mol. The summed E-state index contributed by atoms with van der Waals surface area (Å²) < 4.78 is 171. The third kappa shape index (κ3) is 4.89. The largest absolute Gasteiger partial charge is 0.460 e. The van der Waals surface area contributed by atoms with Gasteiger partial charge in [-0.15, -0.1) is 5.10 Å². The van der Waals surface area contributed by atoms with E-state index in [0.29, 0.717) is 17.5 Å². The van der Waals surface area contributed by atoms with Crippen LogP contribution in [-0.4, -0.2) is 56.0 Å². The summed E-state index contributed by atoms with van der Waals surface area (Å²) in [4.78, 5) is 0. The van der Waals surface area contributed by atoms with Crippen molar-refractivity contribution in [2.45, 2.75) is 87.8 Å². The van der Waals surface area contributed by atoms with Crippen molar-refractivity contribution in [2.75, 3.05) is 0 Å². The molecule has 4 nitrogen and oxygen atoms in total. The summed E-state index contributed by atoms with van der Waals surface area (Å²) in [7, 11) is 0. The number of hydrogen-bond acceptors (Lipinski definition) is 3. The third-order valence-corrected chi connectivity index (χ3v) is 4.50. The number of nitrogens with zero attached hydrogens (tertiary/aromatic N) is 4. The number of unbranched alkanes of at least 4 members (excludes halogenated alkanes) is 3. The zero-order valence-electron chi connectivity index (χ0n) is 16.2. The second-order valence-electron chi connectivity index (χ2n) is 6.88. The van der Waals surface area contributed by atoms with Gasteiger partial charge in [-0.1, -0.05) is 26.2 Å². The van der Waals surface area contributed by atoms with Crippen molar-refractivity contribution in [2.24, 2.45) is 0 Å². The predicted molar refractivity (Wildman–Crippen MR) is 81.1 cm³/mol. The molecular formula is C15H17F13N4. The predicted octanol–water partition coefficient (Wildman–Crippen LogP) is 5.92. The molecule has 0 saturated carbocycles. The normalized spacial score (nSPS) is 14.8. The lowest BCUT2D eigenvalue weighted by molar-refractivity contribution is -0.440. The highest BCUT2D eigenvalue weighted by Gasteiger charge is 2.90. The van der Waals surface area contributed by atoms with Crippen molar-refractivity contribution in [3.63, 3.8) is 0 Å². The maximum absolute atomic E-state index is 13.8. The van der Waals surface area contributed by atoms with Crippen molar-refractivity contribution < 1.29 is 57.1 Å². The number of aryl methyl sites for hydroxylation is 2.